The molecule has 0 spiro atoms. The summed E-state index contributed by atoms with van der Waals surface area (Å²) in [4.78, 5) is 13.8. The quantitative estimate of drug-likeness (QED) is 0.627. The SMILES string of the molecule is Cc1cc(C)n(CCC(=O)NC(c2ccc(C(C)C)cc2)c2cccs2)n1. The third-order valence-electron chi connectivity index (χ3n) is 4.72. The number of aromatic nitrogens is 2. The van der Waals surface area contributed by atoms with Crippen LogP contribution in [0.4, 0.5) is 0 Å². The summed E-state index contributed by atoms with van der Waals surface area (Å²) in [5, 5.41) is 9.69. The van der Waals surface area contributed by atoms with Gasteiger partial charge < -0.3 is 5.32 Å². The van der Waals surface area contributed by atoms with Gasteiger partial charge in [-0.1, -0.05) is 44.2 Å². The molecule has 1 atom stereocenters. The molecule has 0 saturated carbocycles. The molecular weight excluding hydrogens is 354 g/mol. The summed E-state index contributed by atoms with van der Waals surface area (Å²) in [5.41, 5.74) is 4.48. The van der Waals surface area contributed by atoms with Crippen molar-refractivity contribution in [3.05, 3.63) is 75.2 Å². The molecule has 4 nitrogen and oxygen atoms in total. The van der Waals surface area contributed by atoms with Crippen molar-refractivity contribution in [1.82, 2.24) is 15.1 Å². The van der Waals surface area contributed by atoms with Crippen LogP contribution in [0.3, 0.4) is 0 Å². The van der Waals surface area contributed by atoms with Crippen molar-refractivity contribution in [2.75, 3.05) is 0 Å². The molecule has 3 rings (SSSR count). The van der Waals surface area contributed by atoms with Crippen LogP contribution in [0.1, 0.15) is 59.6 Å². The molecule has 1 aromatic carbocycles. The van der Waals surface area contributed by atoms with E-state index in [2.05, 4.69) is 54.6 Å². The first kappa shape index (κ1) is 19.4. The maximum atomic E-state index is 12.6. The Morgan fingerprint density at radius 3 is 2.41 bits per heavy atom. The zero-order valence-corrected chi connectivity index (χ0v) is 17.2. The van der Waals surface area contributed by atoms with Crippen LogP contribution in [0.25, 0.3) is 0 Å². The van der Waals surface area contributed by atoms with Gasteiger partial charge >= 0.3 is 0 Å². The number of hydrogen-bond acceptors (Lipinski definition) is 3. The van der Waals surface area contributed by atoms with E-state index in [0.717, 1.165) is 21.8 Å². The number of carbonyl (C=O) groups is 1. The number of thiophene rings is 1. The topological polar surface area (TPSA) is 46.9 Å². The maximum absolute atomic E-state index is 12.6. The molecule has 1 amide bonds. The molecule has 3 aromatic rings. The molecule has 1 unspecified atom stereocenters. The predicted molar refractivity (Wildman–Crippen MR) is 111 cm³/mol. The van der Waals surface area contributed by atoms with Crippen LogP contribution in [-0.2, 0) is 11.3 Å². The molecule has 0 bridgehead atoms. The van der Waals surface area contributed by atoms with E-state index in [1.165, 1.54) is 5.56 Å². The van der Waals surface area contributed by atoms with Gasteiger partial charge in [0.2, 0.25) is 5.91 Å². The van der Waals surface area contributed by atoms with E-state index in [9.17, 15) is 4.79 Å². The molecule has 1 N–H and O–H groups in total. The van der Waals surface area contributed by atoms with Crippen molar-refractivity contribution >= 4 is 17.2 Å². The van der Waals surface area contributed by atoms with Gasteiger partial charge in [-0.3, -0.25) is 9.48 Å². The number of rotatable bonds is 7. The van der Waals surface area contributed by atoms with Crippen LogP contribution in [0.15, 0.2) is 47.8 Å². The summed E-state index contributed by atoms with van der Waals surface area (Å²) < 4.78 is 1.90. The molecule has 27 heavy (non-hydrogen) atoms. The number of aryl methyl sites for hydroxylation is 3. The second-order valence-corrected chi connectivity index (χ2v) is 8.22. The van der Waals surface area contributed by atoms with Crippen molar-refractivity contribution < 1.29 is 4.79 Å². The summed E-state index contributed by atoms with van der Waals surface area (Å²) in [6.45, 7) is 8.95. The van der Waals surface area contributed by atoms with Gasteiger partial charge in [-0.15, -0.1) is 11.3 Å². The fourth-order valence-corrected chi connectivity index (χ4v) is 3.99. The van der Waals surface area contributed by atoms with Gasteiger partial charge in [-0.2, -0.15) is 5.10 Å². The Balaban J connectivity index is 1.72. The molecule has 142 valence electrons. The first-order valence-electron chi connectivity index (χ1n) is 9.37. The second-order valence-electron chi connectivity index (χ2n) is 7.24. The minimum atomic E-state index is -0.112. The Hall–Kier alpha value is -2.40. The lowest BCUT2D eigenvalue weighted by molar-refractivity contribution is -0.121. The van der Waals surface area contributed by atoms with Crippen molar-refractivity contribution in [2.45, 2.75) is 52.6 Å². The Morgan fingerprint density at radius 1 is 1.15 bits per heavy atom. The lowest BCUT2D eigenvalue weighted by Gasteiger charge is -2.19. The fraction of sp³-hybridized carbons (Fsp3) is 0.364. The van der Waals surface area contributed by atoms with Gasteiger partial charge in [0.25, 0.3) is 0 Å². The van der Waals surface area contributed by atoms with Crippen LogP contribution in [-0.4, -0.2) is 15.7 Å². The van der Waals surface area contributed by atoms with E-state index in [1.807, 2.05) is 36.0 Å². The number of nitrogens with zero attached hydrogens (tertiary/aromatic N) is 2. The number of hydrogen-bond donors (Lipinski definition) is 1. The lowest BCUT2D eigenvalue weighted by atomic mass is 9.98. The molecule has 0 aliphatic carbocycles. The minimum Gasteiger partial charge on any atom is -0.344 e. The lowest BCUT2D eigenvalue weighted by Crippen LogP contribution is -2.29. The monoisotopic (exact) mass is 381 g/mol. The third kappa shape index (κ3) is 4.86. The molecule has 0 saturated heterocycles. The largest absolute Gasteiger partial charge is 0.344 e. The molecule has 0 aliphatic rings. The van der Waals surface area contributed by atoms with Crippen LogP contribution in [0.5, 0.6) is 0 Å². The first-order chi connectivity index (χ1) is 12.9. The van der Waals surface area contributed by atoms with E-state index in [4.69, 9.17) is 0 Å². The highest BCUT2D eigenvalue weighted by Crippen LogP contribution is 2.27. The molecule has 0 radical (unpaired) electrons. The van der Waals surface area contributed by atoms with E-state index in [-0.39, 0.29) is 11.9 Å². The Kier molecular flexibility index (Phi) is 6.11. The summed E-state index contributed by atoms with van der Waals surface area (Å²) in [6, 6.07) is 14.6. The highest BCUT2D eigenvalue weighted by Gasteiger charge is 2.18. The van der Waals surface area contributed by atoms with Gasteiger partial charge in [0.05, 0.1) is 11.7 Å². The van der Waals surface area contributed by atoms with Gasteiger partial charge in [0.15, 0.2) is 0 Å². The predicted octanol–water partition coefficient (Wildman–Crippen LogP) is 4.98. The van der Waals surface area contributed by atoms with Crippen LogP contribution >= 0.6 is 11.3 Å². The van der Waals surface area contributed by atoms with Crippen molar-refractivity contribution in [1.29, 1.82) is 0 Å². The van der Waals surface area contributed by atoms with Crippen LogP contribution < -0.4 is 5.32 Å². The van der Waals surface area contributed by atoms with E-state index in [1.54, 1.807) is 11.3 Å². The number of nitrogens with one attached hydrogen (secondary N) is 1. The first-order valence-corrected chi connectivity index (χ1v) is 10.3. The zero-order valence-electron chi connectivity index (χ0n) is 16.4. The fourth-order valence-electron chi connectivity index (χ4n) is 3.19. The average Bonchev–Trinajstić information content (AvgIpc) is 3.27. The summed E-state index contributed by atoms with van der Waals surface area (Å²) in [7, 11) is 0. The maximum Gasteiger partial charge on any atom is 0.222 e. The Bertz CT molecular complexity index is 879. The third-order valence-corrected chi connectivity index (χ3v) is 5.66. The Morgan fingerprint density at radius 2 is 1.85 bits per heavy atom. The van der Waals surface area contributed by atoms with Crippen LogP contribution in [0.2, 0.25) is 0 Å². The highest BCUT2D eigenvalue weighted by molar-refractivity contribution is 7.10. The van der Waals surface area contributed by atoms with Crippen molar-refractivity contribution in [3.63, 3.8) is 0 Å². The standard InChI is InChI=1S/C22H27N3OS/c1-15(2)18-7-9-19(10-8-18)22(20-6-5-13-27-20)23-21(26)11-12-25-17(4)14-16(3)24-25/h5-10,13-15,22H,11-12H2,1-4H3,(H,23,26). The summed E-state index contributed by atoms with van der Waals surface area (Å²) in [5.74, 6) is 0.531. The zero-order chi connectivity index (χ0) is 19.4. The second kappa shape index (κ2) is 8.53. The van der Waals surface area contributed by atoms with E-state index < -0.39 is 0 Å². The molecular formula is C22H27N3OS. The number of benzene rings is 1. The van der Waals surface area contributed by atoms with Gasteiger partial charge in [0, 0.05) is 23.5 Å². The molecule has 0 aliphatic heterocycles. The molecule has 2 heterocycles. The van der Waals surface area contributed by atoms with E-state index >= 15 is 0 Å². The minimum absolute atomic E-state index is 0.0360. The van der Waals surface area contributed by atoms with Crippen molar-refractivity contribution in [3.8, 4) is 0 Å². The smallest absolute Gasteiger partial charge is 0.222 e. The highest BCUT2D eigenvalue weighted by atomic mass is 32.1. The number of carbonyl (C=O) groups excluding carboxylic acids is 1. The molecule has 2 aromatic heterocycles. The number of amides is 1. The van der Waals surface area contributed by atoms with Crippen molar-refractivity contribution in [2.24, 2.45) is 0 Å². The van der Waals surface area contributed by atoms with Gasteiger partial charge in [0.1, 0.15) is 0 Å². The van der Waals surface area contributed by atoms with Crippen LogP contribution in [0, 0.1) is 13.8 Å². The van der Waals surface area contributed by atoms with E-state index in [0.29, 0.717) is 18.9 Å². The Labute approximate surface area is 165 Å². The summed E-state index contributed by atoms with van der Waals surface area (Å²) in [6.07, 6.45) is 0.411. The molecule has 0 fully saturated rings. The molecule has 5 heteroatoms. The normalized spacial score (nSPS) is 12.3. The van der Waals surface area contributed by atoms with Gasteiger partial charge in [-0.25, -0.2) is 0 Å². The van der Waals surface area contributed by atoms with Gasteiger partial charge in [-0.05, 0) is 48.4 Å². The average molecular weight is 382 g/mol. The summed E-state index contributed by atoms with van der Waals surface area (Å²) >= 11 is 1.67.